The average molecular weight is 244 g/mol. The van der Waals surface area contributed by atoms with Crippen molar-refractivity contribution in [2.75, 3.05) is 0 Å². The van der Waals surface area contributed by atoms with Crippen LogP contribution < -0.4 is 0 Å². The van der Waals surface area contributed by atoms with E-state index in [-0.39, 0.29) is 17.6 Å². The van der Waals surface area contributed by atoms with Crippen LogP contribution >= 0.6 is 0 Å². The molecule has 0 saturated heterocycles. The monoisotopic (exact) mass is 244 g/mol. The number of aldehydes is 1. The molecule has 18 heavy (non-hydrogen) atoms. The van der Waals surface area contributed by atoms with Crippen LogP contribution in [0.25, 0.3) is 0 Å². The van der Waals surface area contributed by atoms with Gasteiger partial charge in [0.1, 0.15) is 12.1 Å². The average Bonchev–Trinajstić information content (AvgIpc) is 2.46. The third-order valence-corrected chi connectivity index (χ3v) is 3.88. The largest absolute Gasteiger partial charge is 0.303 e. The molecule has 0 unspecified atom stereocenters. The summed E-state index contributed by atoms with van der Waals surface area (Å²) in [4.78, 5) is 23.4. The summed E-state index contributed by atoms with van der Waals surface area (Å²) in [6.07, 6.45) is 6.74. The molecule has 1 atom stereocenters. The summed E-state index contributed by atoms with van der Waals surface area (Å²) in [7, 11) is 0. The fourth-order valence-electron chi connectivity index (χ4n) is 2.87. The fraction of sp³-hybridized carbons (Fsp3) is 0.500. The Hall–Kier alpha value is -1.44. The van der Waals surface area contributed by atoms with Crippen molar-refractivity contribution in [1.29, 1.82) is 0 Å². The molecular weight excluding hydrogens is 224 g/mol. The molecular formula is C16H20O2. The minimum atomic E-state index is -0.230. The van der Waals surface area contributed by atoms with Crippen molar-refractivity contribution in [2.45, 2.75) is 44.4 Å². The maximum Gasteiger partial charge on any atom is 0.143 e. The third kappa shape index (κ3) is 3.06. The van der Waals surface area contributed by atoms with E-state index < -0.39 is 0 Å². The second-order valence-electron chi connectivity index (χ2n) is 5.10. The molecule has 0 N–H and O–H groups in total. The summed E-state index contributed by atoms with van der Waals surface area (Å²) >= 11 is 0. The molecule has 2 heteroatoms. The molecule has 1 aliphatic carbocycles. The van der Waals surface area contributed by atoms with Gasteiger partial charge in [-0.2, -0.15) is 0 Å². The van der Waals surface area contributed by atoms with E-state index >= 15 is 0 Å². The van der Waals surface area contributed by atoms with E-state index in [0.717, 1.165) is 37.5 Å². The molecule has 1 aromatic carbocycles. The van der Waals surface area contributed by atoms with E-state index in [9.17, 15) is 9.59 Å². The Balaban J connectivity index is 2.14. The predicted molar refractivity (Wildman–Crippen MR) is 71.4 cm³/mol. The van der Waals surface area contributed by atoms with Crippen LogP contribution in [0.2, 0.25) is 0 Å². The first-order chi connectivity index (χ1) is 8.83. The van der Waals surface area contributed by atoms with Crippen LogP contribution in [0.5, 0.6) is 0 Å². The van der Waals surface area contributed by atoms with Crippen LogP contribution in [0.4, 0.5) is 0 Å². The molecule has 0 aliphatic heterocycles. The van der Waals surface area contributed by atoms with Crippen molar-refractivity contribution >= 4 is 12.1 Å². The predicted octanol–water partition coefficient (Wildman–Crippen LogP) is 3.51. The minimum absolute atomic E-state index is 0.170. The summed E-state index contributed by atoms with van der Waals surface area (Å²) < 4.78 is 0. The first-order valence-electron chi connectivity index (χ1n) is 6.85. The van der Waals surface area contributed by atoms with Crippen molar-refractivity contribution in [3.63, 3.8) is 0 Å². The quantitative estimate of drug-likeness (QED) is 0.743. The van der Waals surface area contributed by atoms with Crippen molar-refractivity contribution in [1.82, 2.24) is 0 Å². The van der Waals surface area contributed by atoms with Gasteiger partial charge in [0.2, 0.25) is 0 Å². The Kier molecular flexibility index (Phi) is 4.68. The lowest BCUT2D eigenvalue weighted by molar-refractivity contribution is -0.126. The van der Waals surface area contributed by atoms with Gasteiger partial charge in [-0.15, -0.1) is 0 Å². The van der Waals surface area contributed by atoms with E-state index in [1.54, 1.807) is 0 Å². The van der Waals surface area contributed by atoms with Gasteiger partial charge in [-0.1, -0.05) is 49.6 Å². The van der Waals surface area contributed by atoms with Crippen molar-refractivity contribution < 1.29 is 9.59 Å². The highest BCUT2D eigenvalue weighted by atomic mass is 16.1. The first kappa shape index (κ1) is 13.0. The van der Waals surface area contributed by atoms with E-state index in [4.69, 9.17) is 0 Å². The highest BCUT2D eigenvalue weighted by molar-refractivity contribution is 5.89. The number of ketones is 1. The maximum atomic E-state index is 12.5. The Morgan fingerprint density at radius 3 is 2.44 bits per heavy atom. The Morgan fingerprint density at radius 1 is 1.17 bits per heavy atom. The van der Waals surface area contributed by atoms with Crippen LogP contribution in [-0.2, 0) is 9.59 Å². The van der Waals surface area contributed by atoms with Gasteiger partial charge in [0.25, 0.3) is 0 Å². The van der Waals surface area contributed by atoms with Gasteiger partial charge in [0, 0.05) is 18.3 Å². The highest BCUT2D eigenvalue weighted by Crippen LogP contribution is 2.31. The molecule has 0 amide bonds. The van der Waals surface area contributed by atoms with Crippen molar-refractivity contribution in [2.24, 2.45) is 5.92 Å². The normalized spacial score (nSPS) is 18.2. The summed E-state index contributed by atoms with van der Waals surface area (Å²) in [5, 5.41) is 0. The van der Waals surface area contributed by atoms with Crippen molar-refractivity contribution in [3.05, 3.63) is 35.9 Å². The van der Waals surface area contributed by atoms with E-state index in [1.807, 2.05) is 30.3 Å². The van der Waals surface area contributed by atoms with Crippen LogP contribution in [0, 0.1) is 5.92 Å². The van der Waals surface area contributed by atoms with Crippen LogP contribution in [-0.4, -0.2) is 12.1 Å². The smallest absolute Gasteiger partial charge is 0.143 e. The molecule has 2 nitrogen and oxygen atoms in total. The Labute approximate surface area is 108 Å². The Morgan fingerprint density at radius 2 is 1.83 bits per heavy atom. The lowest BCUT2D eigenvalue weighted by atomic mass is 9.78. The van der Waals surface area contributed by atoms with Gasteiger partial charge in [-0.3, -0.25) is 4.79 Å². The number of hydrogen-bond donors (Lipinski definition) is 0. The zero-order chi connectivity index (χ0) is 12.8. The van der Waals surface area contributed by atoms with E-state index in [1.165, 1.54) is 6.42 Å². The third-order valence-electron chi connectivity index (χ3n) is 3.88. The van der Waals surface area contributed by atoms with Gasteiger partial charge in [-0.25, -0.2) is 0 Å². The lowest BCUT2D eigenvalue weighted by Gasteiger charge is -2.24. The second-order valence-corrected chi connectivity index (χ2v) is 5.10. The fourth-order valence-corrected chi connectivity index (χ4v) is 2.87. The molecule has 0 radical (unpaired) electrons. The Bertz CT molecular complexity index is 391. The molecule has 0 aromatic heterocycles. The van der Waals surface area contributed by atoms with Crippen LogP contribution in [0.1, 0.15) is 50.0 Å². The molecule has 0 spiro atoms. The number of benzene rings is 1. The molecule has 1 aromatic rings. The second kappa shape index (κ2) is 6.48. The summed E-state index contributed by atoms with van der Waals surface area (Å²) in [5.41, 5.74) is 0.986. The van der Waals surface area contributed by atoms with Gasteiger partial charge in [-0.05, 0) is 18.4 Å². The topological polar surface area (TPSA) is 34.1 Å². The molecule has 0 bridgehead atoms. The minimum Gasteiger partial charge on any atom is -0.303 e. The van der Waals surface area contributed by atoms with Crippen LogP contribution in [0.3, 0.4) is 0 Å². The van der Waals surface area contributed by atoms with E-state index in [0.29, 0.717) is 6.42 Å². The molecule has 96 valence electrons. The number of Topliss-reactive ketones (excluding diaryl/α,β-unsaturated/α-hetero) is 1. The van der Waals surface area contributed by atoms with Crippen molar-refractivity contribution in [3.8, 4) is 0 Å². The summed E-state index contributed by atoms with van der Waals surface area (Å²) in [6.45, 7) is 0. The summed E-state index contributed by atoms with van der Waals surface area (Å²) in [6, 6.07) is 9.71. The molecule has 1 saturated carbocycles. The summed E-state index contributed by atoms with van der Waals surface area (Å²) in [5.74, 6) is 0.212. The highest BCUT2D eigenvalue weighted by Gasteiger charge is 2.28. The molecule has 1 aliphatic rings. The standard InChI is InChI=1S/C16H20O2/c17-12-11-15(13-7-3-1-4-8-13)16(18)14-9-5-2-6-10-14/h1,3-4,7-8,12,14-15H,2,5-6,9-11H2/t15-/m0/s1. The van der Waals surface area contributed by atoms with Gasteiger partial charge >= 0.3 is 0 Å². The first-order valence-corrected chi connectivity index (χ1v) is 6.85. The van der Waals surface area contributed by atoms with Gasteiger partial charge < -0.3 is 4.79 Å². The number of rotatable bonds is 5. The lowest BCUT2D eigenvalue weighted by Crippen LogP contribution is -2.24. The number of carbonyl (C=O) groups excluding carboxylic acids is 2. The number of carbonyl (C=O) groups is 2. The van der Waals surface area contributed by atoms with Gasteiger partial charge in [0.15, 0.2) is 0 Å². The maximum absolute atomic E-state index is 12.5. The van der Waals surface area contributed by atoms with E-state index in [2.05, 4.69) is 0 Å². The zero-order valence-electron chi connectivity index (χ0n) is 10.7. The van der Waals surface area contributed by atoms with Gasteiger partial charge in [0.05, 0.1) is 0 Å². The van der Waals surface area contributed by atoms with Crippen LogP contribution in [0.15, 0.2) is 30.3 Å². The zero-order valence-corrected chi connectivity index (χ0v) is 10.7. The molecule has 0 heterocycles. The molecule has 2 rings (SSSR count). The number of hydrogen-bond acceptors (Lipinski definition) is 2. The molecule has 1 fully saturated rings. The SMILES string of the molecule is O=CC[C@H](C(=O)C1CCCCC1)c1ccccc1.